The van der Waals surface area contributed by atoms with Gasteiger partial charge in [-0.2, -0.15) is 10.4 Å². The molecule has 1 heterocycles. The van der Waals surface area contributed by atoms with E-state index in [1.54, 1.807) is 13.8 Å². The van der Waals surface area contributed by atoms with Gasteiger partial charge in [0.05, 0.1) is 17.5 Å². The molecule has 27 heavy (non-hydrogen) atoms. The second kappa shape index (κ2) is 7.41. The average Bonchev–Trinajstić information content (AvgIpc) is 3.47. The van der Waals surface area contributed by atoms with Crippen LogP contribution in [0.5, 0.6) is 0 Å². The molecular weight excluding hydrogens is 368 g/mol. The smallest absolute Gasteiger partial charge is 0.343 e. The van der Waals surface area contributed by atoms with Gasteiger partial charge >= 0.3 is 5.97 Å². The lowest BCUT2D eigenvalue weighted by molar-refractivity contribution is -0.125. The summed E-state index contributed by atoms with van der Waals surface area (Å²) in [6.45, 7) is 2.83. The number of nitrogens with zero attached hydrogens (tertiary/aromatic N) is 3. The Balaban J connectivity index is 1.67. The molecule has 7 nitrogen and oxygen atoms in total. The third-order valence-corrected chi connectivity index (χ3v) is 4.92. The van der Waals surface area contributed by atoms with Crippen LogP contribution >= 0.6 is 11.6 Å². The first-order valence-corrected chi connectivity index (χ1v) is 8.93. The first-order chi connectivity index (χ1) is 12.9. The number of hydrogen-bond donors (Lipinski definition) is 1. The Morgan fingerprint density at radius 2 is 2.07 bits per heavy atom. The summed E-state index contributed by atoms with van der Waals surface area (Å²) < 4.78 is 6.53. The zero-order chi connectivity index (χ0) is 19.6. The predicted molar refractivity (Wildman–Crippen MR) is 98.5 cm³/mol. The molecule has 1 N–H and O–H groups in total. The lowest BCUT2D eigenvalue weighted by Gasteiger charge is -2.22. The number of halogens is 1. The number of aromatic nitrogens is 2. The van der Waals surface area contributed by atoms with Crippen molar-refractivity contribution in [2.75, 3.05) is 6.61 Å². The maximum absolute atomic E-state index is 12.4. The van der Waals surface area contributed by atoms with Crippen LogP contribution in [-0.2, 0) is 9.53 Å². The summed E-state index contributed by atoms with van der Waals surface area (Å²) in [7, 11) is 0. The van der Waals surface area contributed by atoms with Gasteiger partial charge in [0, 0.05) is 0 Å². The summed E-state index contributed by atoms with van der Waals surface area (Å²) >= 11 is 6.31. The highest BCUT2D eigenvalue weighted by Gasteiger charge is 2.43. The minimum Gasteiger partial charge on any atom is -0.452 e. The average molecular weight is 387 g/mol. The molecule has 0 spiro atoms. The molecule has 1 aliphatic carbocycles. The zero-order valence-corrected chi connectivity index (χ0v) is 15.8. The van der Waals surface area contributed by atoms with Gasteiger partial charge < -0.3 is 10.1 Å². The second-order valence-corrected chi connectivity index (χ2v) is 7.07. The molecule has 2 aromatic rings. The van der Waals surface area contributed by atoms with Crippen molar-refractivity contribution in [1.29, 1.82) is 5.26 Å². The Kier molecular flexibility index (Phi) is 5.19. The first kappa shape index (κ1) is 18.9. The number of rotatable bonds is 6. The van der Waals surface area contributed by atoms with Gasteiger partial charge in [0.25, 0.3) is 5.91 Å². The molecule has 3 rings (SSSR count). The van der Waals surface area contributed by atoms with E-state index in [-0.39, 0.29) is 16.6 Å². The number of benzene rings is 1. The van der Waals surface area contributed by atoms with E-state index in [1.807, 2.05) is 30.3 Å². The fourth-order valence-electron chi connectivity index (χ4n) is 2.88. The van der Waals surface area contributed by atoms with Crippen molar-refractivity contribution >= 4 is 23.5 Å². The third kappa shape index (κ3) is 3.96. The van der Waals surface area contributed by atoms with E-state index >= 15 is 0 Å². The molecule has 1 saturated carbocycles. The van der Waals surface area contributed by atoms with Gasteiger partial charge in [-0.05, 0) is 44.7 Å². The van der Waals surface area contributed by atoms with Gasteiger partial charge in [0.15, 0.2) is 6.61 Å². The quantitative estimate of drug-likeness (QED) is 0.770. The Morgan fingerprint density at radius 3 is 2.67 bits per heavy atom. The van der Waals surface area contributed by atoms with Gasteiger partial charge in [-0.25, -0.2) is 9.48 Å². The molecule has 0 unspecified atom stereocenters. The van der Waals surface area contributed by atoms with Crippen molar-refractivity contribution < 1.29 is 14.3 Å². The van der Waals surface area contributed by atoms with E-state index in [1.165, 1.54) is 4.68 Å². The van der Waals surface area contributed by atoms with Crippen molar-refractivity contribution in [3.05, 3.63) is 46.7 Å². The summed E-state index contributed by atoms with van der Waals surface area (Å²) in [5, 5.41) is 16.3. The first-order valence-electron chi connectivity index (χ1n) is 8.55. The molecule has 1 fully saturated rings. The third-order valence-electron chi connectivity index (χ3n) is 4.57. The number of ether oxygens (including phenoxy) is 1. The van der Waals surface area contributed by atoms with Gasteiger partial charge in [-0.1, -0.05) is 29.8 Å². The number of nitrogens with one attached hydrogen (secondary N) is 1. The van der Waals surface area contributed by atoms with E-state index in [4.69, 9.17) is 16.3 Å². The van der Waals surface area contributed by atoms with E-state index in [0.717, 1.165) is 12.8 Å². The van der Waals surface area contributed by atoms with E-state index < -0.39 is 24.0 Å². The van der Waals surface area contributed by atoms with Gasteiger partial charge in [0.1, 0.15) is 16.3 Å². The van der Waals surface area contributed by atoms with E-state index in [9.17, 15) is 14.9 Å². The molecule has 0 saturated heterocycles. The minimum absolute atomic E-state index is 0.110. The molecule has 1 atom stereocenters. The topological polar surface area (TPSA) is 97.0 Å². The van der Waals surface area contributed by atoms with Crippen LogP contribution in [0.4, 0.5) is 0 Å². The predicted octanol–water partition coefficient (Wildman–Crippen LogP) is 2.80. The molecule has 0 radical (unpaired) electrons. The SMILES string of the molecule is Cc1nn(-c2ccccc2)c(Cl)c1C(=O)OCC(=O)N[C@@](C)(C#N)C1CC1. The van der Waals surface area contributed by atoms with Crippen LogP contribution in [0.1, 0.15) is 35.8 Å². The minimum atomic E-state index is -0.935. The number of amides is 1. The standard InChI is InChI=1S/C19H19ClN4O3/c1-12-16(17(20)24(23-12)14-6-4-3-5-7-14)18(26)27-10-15(25)22-19(2,11-21)13-8-9-13/h3-7,13H,8-10H2,1-2H3,(H,22,25)/t19-/m0/s1. The van der Waals surface area contributed by atoms with Crippen LogP contribution in [-0.4, -0.2) is 33.8 Å². The summed E-state index contributed by atoms with van der Waals surface area (Å²) in [5.74, 6) is -1.12. The molecule has 1 aliphatic rings. The lowest BCUT2D eigenvalue weighted by atomic mass is 9.98. The molecule has 1 amide bonds. The Labute approximate surface area is 161 Å². The van der Waals surface area contributed by atoms with Gasteiger partial charge in [-0.3, -0.25) is 4.79 Å². The zero-order valence-electron chi connectivity index (χ0n) is 15.0. The molecule has 8 heteroatoms. The number of carbonyl (C=O) groups excluding carboxylic acids is 2. The lowest BCUT2D eigenvalue weighted by Crippen LogP contribution is -2.48. The summed E-state index contributed by atoms with van der Waals surface area (Å²) in [4.78, 5) is 24.5. The van der Waals surface area contributed by atoms with Gasteiger partial charge in [0.2, 0.25) is 0 Å². The van der Waals surface area contributed by atoms with Crippen LogP contribution in [0.3, 0.4) is 0 Å². The Hall–Kier alpha value is -2.85. The Bertz CT molecular complexity index is 915. The second-order valence-electron chi connectivity index (χ2n) is 6.71. The van der Waals surface area contributed by atoms with Gasteiger partial charge in [-0.15, -0.1) is 0 Å². The number of esters is 1. The van der Waals surface area contributed by atoms with Crippen LogP contribution in [0, 0.1) is 24.2 Å². The summed E-state index contributed by atoms with van der Waals surface area (Å²) in [6.07, 6.45) is 1.80. The number of aryl methyl sites for hydroxylation is 1. The van der Waals surface area contributed by atoms with Crippen LogP contribution in [0.15, 0.2) is 30.3 Å². The van der Waals surface area contributed by atoms with Crippen LogP contribution < -0.4 is 5.32 Å². The summed E-state index contributed by atoms with van der Waals surface area (Å²) in [5.41, 5.74) is 0.277. The molecule has 1 aromatic heterocycles. The maximum Gasteiger partial charge on any atom is 0.343 e. The van der Waals surface area contributed by atoms with Crippen molar-refractivity contribution in [2.24, 2.45) is 5.92 Å². The normalized spacial score (nSPS) is 15.5. The molecule has 0 aliphatic heterocycles. The van der Waals surface area contributed by atoms with Crippen molar-refractivity contribution in [3.63, 3.8) is 0 Å². The number of nitriles is 1. The monoisotopic (exact) mass is 386 g/mol. The number of carbonyl (C=O) groups is 2. The highest BCUT2D eigenvalue weighted by atomic mass is 35.5. The fourth-order valence-corrected chi connectivity index (χ4v) is 3.23. The largest absolute Gasteiger partial charge is 0.452 e. The molecule has 140 valence electrons. The molecular formula is C19H19ClN4O3. The molecule has 1 aromatic carbocycles. The fraction of sp³-hybridized carbons (Fsp3) is 0.368. The van der Waals surface area contributed by atoms with Crippen molar-refractivity contribution in [1.82, 2.24) is 15.1 Å². The van der Waals surface area contributed by atoms with Crippen molar-refractivity contribution in [3.8, 4) is 11.8 Å². The summed E-state index contributed by atoms with van der Waals surface area (Å²) in [6, 6.07) is 11.3. The maximum atomic E-state index is 12.4. The number of hydrogen-bond acceptors (Lipinski definition) is 5. The number of para-hydroxylation sites is 1. The molecule has 0 bridgehead atoms. The highest BCUT2D eigenvalue weighted by molar-refractivity contribution is 6.33. The van der Waals surface area contributed by atoms with Crippen molar-refractivity contribution in [2.45, 2.75) is 32.2 Å². The van der Waals surface area contributed by atoms with Crippen LogP contribution in [0.25, 0.3) is 5.69 Å². The Morgan fingerprint density at radius 1 is 1.41 bits per heavy atom. The van der Waals surface area contributed by atoms with Crippen LogP contribution in [0.2, 0.25) is 5.15 Å². The van der Waals surface area contributed by atoms with E-state index in [2.05, 4.69) is 16.5 Å². The highest BCUT2D eigenvalue weighted by Crippen LogP contribution is 2.39. The van der Waals surface area contributed by atoms with E-state index in [0.29, 0.717) is 11.4 Å².